The van der Waals surface area contributed by atoms with Crippen LogP contribution in [0, 0.1) is 0 Å². The molecule has 0 unspecified atom stereocenters. The van der Waals surface area contributed by atoms with Gasteiger partial charge in [0.15, 0.2) is 0 Å². The molecule has 0 saturated carbocycles. The van der Waals surface area contributed by atoms with E-state index in [0.717, 1.165) is 0 Å². The third kappa shape index (κ3) is 1.20. The number of carboxylic acid groups (broad SMARTS) is 1. The molecule has 0 aliphatic carbocycles. The zero-order valence-corrected chi connectivity index (χ0v) is 7.21. The summed E-state index contributed by atoms with van der Waals surface area (Å²) in [4.78, 5) is 18.9. The Morgan fingerprint density at radius 3 is 3.08 bits per heavy atom. The van der Waals surface area contributed by atoms with Gasteiger partial charge in [0.2, 0.25) is 5.95 Å². The summed E-state index contributed by atoms with van der Waals surface area (Å²) in [6.07, 6.45) is 1.43. The van der Waals surface area contributed by atoms with Gasteiger partial charge in [-0.3, -0.25) is 0 Å². The van der Waals surface area contributed by atoms with Gasteiger partial charge >= 0.3 is 5.97 Å². The number of nitrogens with zero attached hydrogens (tertiary/aromatic N) is 2. The van der Waals surface area contributed by atoms with E-state index in [1.165, 1.54) is 22.9 Å². The fraction of sp³-hybridized carbons (Fsp3) is 0. The third-order valence-corrected chi connectivity index (χ3v) is 2.47. The highest BCUT2D eigenvalue weighted by Crippen LogP contribution is 2.23. The molecular formula is C7H5N3O2S. The van der Waals surface area contributed by atoms with E-state index >= 15 is 0 Å². The molecule has 3 N–H and O–H groups in total. The molecule has 0 aliphatic heterocycles. The molecule has 0 fully saturated rings. The van der Waals surface area contributed by atoms with E-state index in [1.807, 2.05) is 0 Å². The van der Waals surface area contributed by atoms with Gasteiger partial charge < -0.3 is 10.8 Å². The first-order valence-electron chi connectivity index (χ1n) is 3.41. The summed E-state index contributed by atoms with van der Waals surface area (Å²) in [6, 6.07) is 0. The van der Waals surface area contributed by atoms with Crippen molar-refractivity contribution in [2.45, 2.75) is 0 Å². The van der Waals surface area contributed by atoms with Crippen LogP contribution in [-0.2, 0) is 0 Å². The number of hydrogen-bond donors (Lipinski definition) is 2. The number of carboxylic acids is 1. The maximum absolute atomic E-state index is 10.7. The van der Waals surface area contributed by atoms with Gasteiger partial charge in [-0.15, -0.1) is 11.3 Å². The lowest BCUT2D eigenvalue weighted by atomic mass is 10.2. The van der Waals surface area contributed by atoms with E-state index in [9.17, 15) is 4.79 Å². The number of anilines is 1. The van der Waals surface area contributed by atoms with Gasteiger partial charge in [0.1, 0.15) is 4.83 Å². The molecule has 0 amide bonds. The minimum atomic E-state index is -0.973. The zero-order valence-electron chi connectivity index (χ0n) is 6.39. The average molecular weight is 195 g/mol. The molecule has 2 aromatic rings. The quantitative estimate of drug-likeness (QED) is 0.707. The SMILES string of the molecule is Nc1ncc2c(C(=O)O)csc2n1. The van der Waals surface area contributed by atoms with Crippen LogP contribution in [0.25, 0.3) is 10.2 Å². The number of nitrogens with two attached hydrogens (primary N) is 1. The highest BCUT2D eigenvalue weighted by atomic mass is 32.1. The first-order chi connectivity index (χ1) is 6.18. The Morgan fingerprint density at radius 2 is 2.38 bits per heavy atom. The van der Waals surface area contributed by atoms with E-state index in [1.54, 1.807) is 0 Å². The van der Waals surface area contributed by atoms with Crippen molar-refractivity contribution >= 4 is 33.5 Å². The maximum atomic E-state index is 10.7. The summed E-state index contributed by atoms with van der Waals surface area (Å²) >= 11 is 1.24. The van der Waals surface area contributed by atoms with Gasteiger partial charge in [0.25, 0.3) is 0 Å². The molecule has 66 valence electrons. The smallest absolute Gasteiger partial charge is 0.337 e. The Balaban J connectivity index is 2.76. The van der Waals surface area contributed by atoms with Gasteiger partial charge in [-0.25, -0.2) is 14.8 Å². The highest BCUT2D eigenvalue weighted by molar-refractivity contribution is 7.17. The summed E-state index contributed by atoms with van der Waals surface area (Å²) in [5.41, 5.74) is 5.57. The molecule has 2 rings (SSSR count). The topological polar surface area (TPSA) is 89.1 Å². The van der Waals surface area contributed by atoms with Crippen molar-refractivity contribution in [3.63, 3.8) is 0 Å². The maximum Gasteiger partial charge on any atom is 0.337 e. The van der Waals surface area contributed by atoms with Gasteiger partial charge in [-0.1, -0.05) is 0 Å². The van der Waals surface area contributed by atoms with Crippen LogP contribution >= 0.6 is 11.3 Å². The predicted octanol–water partition coefficient (Wildman–Crippen LogP) is 0.972. The van der Waals surface area contributed by atoms with E-state index in [-0.39, 0.29) is 11.5 Å². The van der Waals surface area contributed by atoms with Crippen molar-refractivity contribution in [2.75, 3.05) is 5.73 Å². The number of fused-ring (bicyclic) bond motifs is 1. The Hall–Kier alpha value is -1.69. The van der Waals surface area contributed by atoms with Crippen LogP contribution in [0.2, 0.25) is 0 Å². The van der Waals surface area contributed by atoms with E-state index in [2.05, 4.69) is 9.97 Å². The summed E-state index contributed by atoms with van der Waals surface area (Å²) in [6.45, 7) is 0. The minimum Gasteiger partial charge on any atom is -0.478 e. The first kappa shape index (κ1) is 7.93. The van der Waals surface area contributed by atoms with E-state index < -0.39 is 5.97 Å². The number of aromatic carboxylic acids is 1. The second-order valence-electron chi connectivity index (χ2n) is 2.40. The Bertz CT molecular complexity index is 480. The Kier molecular flexibility index (Phi) is 1.63. The van der Waals surface area contributed by atoms with Crippen LogP contribution in [0.3, 0.4) is 0 Å². The number of nitrogen functional groups attached to an aromatic ring is 1. The lowest BCUT2D eigenvalue weighted by Crippen LogP contribution is -1.96. The van der Waals surface area contributed by atoms with Crippen LogP contribution < -0.4 is 5.73 Å². The summed E-state index contributed by atoms with van der Waals surface area (Å²) < 4.78 is 0. The normalized spacial score (nSPS) is 10.5. The molecule has 6 heteroatoms. The Labute approximate surface area is 76.9 Å². The van der Waals surface area contributed by atoms with Crippen LogP contribution in [-0.4, -0.2) is 21.0 Å². The van der Waals surface area contributed by atoms with Crippen molar-refractivity contribution in [1.82, 2.24) is 9.97 Å². The molecule has 0 atom stereocenters. The number of rotatable bonds is 1. The van der Waals surface area contributed by atoms with Gasteiger partial charge in [-0.2, -0.15) is 0 Å². The third-order valence-electron chi connectivity index (χ3n) is 1.58. The molecule has 0 saturated heterocycles. The second-order valence-corrected chi connectivity index (χ2v) is 3.26. The fourth-order valence-electron chi connectivity index (χ4n) is 0.997. The van der Waals surface area contributed by atoms with Crippen LogP contribution in [0.4, 0.5) is 5.95 Å². The van der Waals surface area contributed by atoms with Crippen molar-refractivity contribution in [3.8, 4) is 0 Å². The average Bonchev–Trinajstić information content (AvgIpc) is 2.46. The number of hydrogen-bond acceptors (Lipinski definition) is 5. The first-order valence-corrected chi connectivity index (χ1v) is 4.29. The Morgan fingerprint density at radius 1 is 1.62 bits per heavy atom. The van der Waals surface area contributed by atoms with Crippen LogP contribution in [0.5, 0.6) is 0 Å². The summed E-state index contributed by atoms with van der Waals surface area (Å²) in [5, 5.41) is 10.8. The lowest BCUT2D eigenvalue weighted by Gasteiger charge is -1.92. The minimum absolute atomic E-state index is 0.159. The standard InChI is InChI=1S/C7H5N3O2S/c8-7-9-1-3-4(6(11)12)2-13-5(3)10-7/h1-2H,(H,11,12)(H2,8,9,10). The number of carbonyl (C=O) groups is 1. The molecule has 2 heterocycles. The van der Waals surface area contributed by atoms with Gasteiger partial charge in [0, 0.05) is 17.0 Å². The molecule has 0 aromatic carbocycles. The van der Waals surface area contributed by atoms with Gasteiger partial charge in [-0.05, 0) is 0 Å². The van der Waals surface area contributed by atoms with Crippen molar-refractivity contribution in [2.24, 2.45) is 0 Å². The van der Waals surface area contributed by atoms with Crippen molar-refractivity contribution < 1.29 is 9.90 Å². The molecule has 0 bridgehead atoms. The monoisotopic (exact) mass is 195 g/mol. The number of aromatic nitrogens is 2. The van der Waals surface area contributed by atoms with E-state index in [4.69, 9.17) is 10.8 Å². The second kappa shape index (κ2) is 2.67. The molecule has 0 radical (unpaired) electrons. The van der Waals surface area contributed by atoms with Crippen LogP contribution in [0.1, 0.15) is 10.4 Å². The zero-order chi connectivity index (χ0) is 9.42. The molecule has 0 spiro atoms. The summed E-state index contributed by atoms with van der Waals surface area (Å²) in [5.74, 6) is -0.814. The molecule has 13 heavy (non-hydrogen) atoms. The fourth-order valence-corrected chi connectivity index (χ4v) is 1.89. The van der Waals surface area contributed by atoms with E-state index in [0.29, 0.717) is 10.2 Å². The predicted molar refractivity (Wildman–Crippen MR) is 48.8 cm³/mol. The van der Waals surface area contributed by atoms with Crippen LogP contribution in [0.15, 0.2) is 11.6 Å². The number of thiophene rings is 1. The molecule has 0 aliphatic rings. The highest BCUT2D eigenvalue weighted by Gasteiger charge is 2.11. The lowest BCUT2D eigenvalue weighted by molar-refractivity contribution is 0.0699. The van der Waals surface area contributed by atoms with Crippen molar-refractivity contribution in [1.29, 1.82) is 0 Å². The largest absolute Gasteiger partial charge is 0.478 e. The molecular weight excluding hydrogens is 190 g/mol. The van der Waals surface area contributed by atoms with Gasteiger partial charge in [0.05, 0.1) is 5.56 Å². The van der Waals surface area contributed by atoms with Crippen molar-refractivity contribution in [3.05, 3.63) is 17.1 Å². The molecule has 2 aromatic heterocycles. The summed E-state index contributed by atoms with van der Waals surface area (Å²) in [7, 11) is 0. The molecule has 5 nitrogen and oxygen atoms in total.